The molecule has 0 spiro atoms. The highest BCUT2D eigenvalue weighted by atomic mass is 16.5. The third kappa shape index (κ3) is 6.41. The first kappa shape index (κ1) is 21.5. The number of benzene rings is 1. The van der Waals surface area contributed by atoms with E-state index in [0.29, 0.717) is 18.5 Å². The molecule has 2 heterocycles. The Kier molecular flexibility index (Phi) is 8.25. The number of aromatic nitrogens is 1. The maximum absolute atomic E-state index is 5.54. The van der Waals surface area contributed by atoms with Gasteiger partial charge in [0.15, 0.2) is 5.96 Å². The number of guanidine groups is 1. The van der Waals surface area contributed by atoms with Crippen molar-refractivity contribution >= 4 is 16.9 Å². The van der Waals surface area contributed by atoms with Crippen LogP contribution >= 0.6 is 0 Å². The van der Waals surface area contributed by atoms with Crippen molar-refractivity contribution < 1.29 is 4.74 Å². The standard InChI is InChI=1S/C23H35N5O/c1-4-24-23(26-16-20-8-5-7-19-9-6-10-25-22(19)20)27-17-21(15-18(2)3)28-11-13-29-14-12-28/h5-10,18,21H,4,11-17H2,1-3H3,(H2,24,26,27). The van der Waals surface area contributed by atoms with E-state index < -0.39 is 0 Å². The quantitative estimate of drug-likeness (QED) is 0.530. The van der Waals surface area contributed by atoms with Crippen molar-refractivity contribution in [3.8, 4) is 0 Å². The fourth-order valence-electron chi connectivity index (χ4n) is 3.86. The molecule has 2 N–H and O–H groups in total. The van der Waals surface area contributed by atoms with Gasteiger partial charge in [0.25, 0.3) is 0 Å². The Labute approximate surface area is 174 Å². The lowest BCUT2D eigenvalue weighted by Crippen LogP contribution is -2.51. The third-order valence-electron chi connectivity index (χ3n) is 5.28. The highest BCUT2D eigenvalue weighted by Gasteiger charge is 2.22. The summed E-state index contributed by atoms with van der Waals surface area (Å²) in [6, 6.07) is 10.8. The maximum atomic E-state index is 5.54. The van der Waals surface area contributed by atoms with Crippen molar-refractivity contribution in [3.63, 3.8) is 0 Å². The number of fused-ring (bicyclic) bond motifs is 1. The fourth-order valence-corrected chi connectivity index (χ4v) is 3.86. The van der Waals surface area contributed by atoms with Gasteiger partial charge in [-0.2, -0.15) is 0 Å². The molecule has 0 saturated carbocycles. The molecule has 0 amide bonds. The number of nitrogens with zero attached hydrogens (tertiary/aromatic N) is 3. The van der Waals surface area contributed by atoms with Crippen LogP contribution < -0.4 is 10.6 Å². The van der Waals surface area contributed by atoms with E-state index in [9.17, 15) is 0 Å². The lowest BCUT2D eigenvalue weighted by atomic mass is 10.0. The summed E-state index contributed by atoms with van der Waals surface area (Å²) in [4.78, 5) is 11.9. The van der Waals surface area contributed by atoms with Gasteiger partial charge in [0.2, 0.25) is 0 Å². The molecule has 1 fully saturated rings. The molecule has 1 aromatic carbocycles. The zero-order chi connectivity index (χ0) is 20.5. The van der Waals surface area contributed by atoms with Gasteiger partial charge in [-0.05, 0) is 30.9 Å². The number of nitrogens with one attached hydrogen (secondary N) is 2. The summed E-state index contributed by atoms with van der Waals surface area (Å²) in [6.07, 6.45) is 3.01. The molecular formula is C23H35N5O. The van der Waals surface area contributed by atoms with Crippen LogP contribution in [0.2, 0.25) is 0 Å². The molecule has 158 valence electrons. The predicted octanol–water partition coefficient (Wildman–Crippen LogP) is 3.04. The summed E-state index contributed by atoms with van der Waals surface area (Å²) in [5.41, 5.74) is 2.17. The van der Waals surface area contributed by atoms with Crippen LogP contribution in [0.25, 0.3) is 10.9 Å². The summed E-state index contributed by atoms with van der Waals surface area (Å²) in [5, 5.41) is 8.12. The second-order valence-electron chi connectivity index (χ2n) is 8.00. The van der Waals surface area contributed by atoms with E-state index in [-0.39, 0.29) is 0 Å². The van der Waals surface area contributed by atoms with Crippen molar-refractivity contribution in [1.29, 1.82) is 0 Å². The van der Waals surface area contributed by atoms with E-state index in [1.54, 1.807) is 0 Å². The number of para-hydroxylation sites is 1. The van der Waals surface area contributed by atoms with Crippen LogP contribution in [-0.4, -0.2) is 61.3 Å². The van der Waals surface area contributed by atoms with Crippen molar-refractivity contribution in [1.82, 2.24) is 20.5 Å². The summed E-state index contributed by atoms with van der Waals surface area (Å²) < 4.78 is 5.54. The Morgan fingerprint density at radius 1 is 1.17 bits per heavy atom. The first-order chi connectivity index (χ1) is 14.2. The molecule has 2 aromatic rings. The maximum Gasteiger partial charge on any atom is 0.191 e. The number of rotatable bonds is 8. The van der Waals surface area contributed by atoms with E-state index in [1.807, 2.05) is 12.3 Å². The normalized spacial score (nSPS) is 16.9. The molecule has 3 rings (SSSR count). The van der Waals surface area contributed by atoms with Crippen LogP contribution in [-0.2, 0) is 11.3 Å². The first-order valence-electron chi connectivity index (χ1n) is 10.8. The van der Waals surface area contributed by atoms with Crippen molar-refractivity contribution in [2.45, 2.75) is 39.8 Å². The van der Waals surface area contributed by atoms with Crippen LogP contribution in [0.5, 0.6) is 0 Å². The summed E-state index contributed by atoms with van der Waals surface area (Å²) in [7, 11) is 0. The van der Waals surface area contributed by atoms with Gasteiger partial charge in [-0.3, -0.25) is 9.88 Å². The highest BCUT2D eigenvalue weighted by Crippen LogP contribution is 2.17. The van der Waals surface area contributed by atoms with E-state index >= 15 is 0 Å². The zero-order valence-electron chi connectivity index (χ0n) is 18.0. The minimum absolute atomic E-state index is 0.488. The van der Waals surface area contributed by atoms with E-state index in [4.69, 9.17) is 9.73 Å². The van der Waals surface area contributed by atoms with E-state index in [0.717, 1.165) is 61.8 Å². The number of hydrogen-bond donors (Lipinski definition) is 2. The number of ether oxygens (including phenoxy) is 1. The van der Waals surface area contributed by atoms with Gasteiger partial charge < -0.3 is 15.4 Å². The lowest BCUT2D eigenvalue weighted by molar-refractivity contribution is 0.0132. The second-order valence-corrected chi connectivity index (χ2v) is 8.00. The van der Waals surface area contributed by atoms with Gasteiger partial charge in [-0.25, -0.2) is 4.99 Å². The smallest absolute Gasteiger partial charge is 0.191 e. The van der Waals surface area contributed by atoms with Gasteiger partial charge in [-0.15, -0.1) is 0 Å². The summed E-state index contributed by atoms with van der Waals surface area (Å²) >= 11 is 0. The average Bonchev–Trinajstić information content (AvgIpc) is 2.75. The monoisotopic (exact) mass is 397 g/mol. The van der Waals surface area contributed by atoms with Gasteiger partial charge in [0.1, 0.15) is 0 Å². The Hall–Kier alpha value is -2.18. The molecular weight excluding hydrogens is 362 g/mol. The second kappa shape index (κ2) is 11.1. The molecule has 0 bridgehead atoms. The zero-order valence-corrected chi connectivity index (χ0v) is 18.0. The molecule has 29 heavy (non-hydrogen) atoms. The molecule has 0 aliphatic carbocycles. The summed E-state index contributed by atoms with van der Waals surface area (Å²) in [6.45, 7) is 12.7. The van der Waals surface area contributed by atoms with Crippen molar-refractivity contribution in [3.05, 3.63) is 42.1 Å². The SMILES string of the molecule is CCNC(=NCc1cccc2cccnc12)NCC(CC(C)C)N1CCOCC1. The first-order valence-corrected chi connectivity index (χ1v) is 10.8. The molecule has 1 saturated heterocycles. The minimum atomic E-state index is 0.488. The molecule has 6 heteroatoms. The Balaban J connectivity index is 1.67. The van der Waals surface area contributed by atoms with E-state index in [1.165, 1.54) is 6.42 Å². The Morgan fingerprint density at radius 2 is 1.97 bits per heavy atom. The molecule has 1 aromatic heterocycles. The largest absolute Gasteiger partial charge is 0.379 e. The molecule has 1 atom stereocenters. The minimum Gasteiger partial charge on any atom is -0.379 e. The number of morpholine rings is 1. The van der Waals surface area contributed by atoms with Crippen molar-refractivity contribution in [2.24, 2.45) is 10.9 Å². The van der Waals surface area contributed by atoms with Crippen LogP contribution in [0.1, 0.15) is 32.8 Å². The van der Waals surface area contributed by atoms with Crippen LogP contribution in [0.15, 0.2) is 41.5 Å². The average molecular weight is 398 g/mol. The Bertz CT molecular complexity index is 780. The van der Waals surface area contributed by atoms with Gasteiger partial charge >= 0.3 is 0 Å². The van der Waals surface area contributed by atoms with Crippen LogP contribution in [0.3, 0.4) is 0 Å². The lowest BCUT2D eigenvalue weighted by Gasteiger charge is -2.35. The predicted molar refractivity (Wildman–Crippen MR) is 120 cm³/mol. The van der Waals surface area contributed by atoms with Crippen molar-refractivity contribution in [2.75, 3.05) is 39.4 Å². The van der Waals surface area contributed by atoms with Gasteiger partial charge in [0, 0.05) is 43.8 Å². The number of pyridine rings is 1. The molecule has 0 radical (unpaired) electrons. The third-order valence-corrected chi connectivity index (χ3v) is 5.28. The summed E-state index contributed by atoms with van der Waals surface area (Å²) in [5.74, 6) is 1.52. The molecule has 1 aliphatic rings. The number of hydrogen-bond acceptors (Lipinski definition) is 4. The van der Waals surface area contributed by atoms with Gasteiger partial charge in [0.05, 0.1) is 25.3 Å². The highest BCUT2D eigenvalue weighted by molar-refractivity contribution is 5.83. The van der Waals surface area contributed by atoms with E-state index in [2.05, 4.69) is 65.6 Å². The molecule has 1 unspecified atom stereocenters. The molecule has 1 aliphatic heterocycles. The molecule has 6 nitrogen and oxygen atoms in total. The Morgan fingerprint density at radius 3 is 2.72 bits per heavy atom. The van der Waals surface area contributed by atoms with Crippen LogP contribution in [0.4, 0.5) is 0 Å². The van der Waals surface area contributed by atoms with Crippen LogP contribution in [0, 0.1) is 5.92 Å². The number of aliphatic imine (C=N–C) groups is 1. The van der Waals surface area contributed by atoms with Gasteiger partial charge in [-0.1, -0.05) is 38.1 Å². The topological polar surface area (TPSA) is 61.8 Å². The fraction of sp³-hybridized carbons (Fsp3) is 0.565.